The summed E-state index contributed by atoms with van der Waals surface area (Å²) in [5.74, 6) is 0.0265. The first-order valence-corrected chi connectivity index (χ1v) is 14.1. The smallest absolute Gasteiger partial charge is 0.272 e. The monoisotopic (exact) mass is 601 g/mol. The van der Waals surface area contributed by atoms with Crippen LogP contribution in [0.5, 0.6) is 11.5 Å². The second kappa shape index (κ2) is 14.8. The third-order valence-corrected chi connectivity index (χ3v) is 7.06. The molecular weight excluding hydrogens is 574 g/mol. The molecule has 3 amide bonds. The Morgan fingerprint density at radius 2 is 1.62 bits per heavy atom. The Labute approximate surface area is 253 Å². The van der Waals surface area contributed by atoms with Gasteiger partial charge in [-0.1, -0.05) is 48.0 Å². The molecule has 8 nitrogen and oxygen atoms in total. The first-order chi connectivity index (χ1) is 20.3. The van der Waals surface area contributed by atoms with Crippen LogP contribution < -0.4 is 25.4 Å². The van der Waals surface area contributed by atoms with Crippen molar-refractivity contribution >= 4 is 58.5 Å². The predicted octanol–water partition coefficient (Wildman–Crippen LogP) is 6.50. The maximum absolute atomic E-state index is 13.3. The highest BCUT2D eigenvalue weighted by Gasteiger charge is 2.16. The lowest BCUT2D eigenvalue weighted by Gasteiger charge is -2.13. The molecule has 4 aromatic carbocycles. The van der Waals surface area contributed by atoms with E-state index in [1.807, 2.05) is 6.07 Å². The molecule has 0 aliphatic heterocycles. The van der Waals surface area contributed by atoms with E-state index in [1.165, 1.54) is 18.9 Å². The molecule has 0 radical (unpaired) electrons. The number of hydrogen-bond acceptors (Lipinski definition) is 6. The SMILES string of the molecule is COc1ccc(OC)c(NC(=O)CSc2cccc(NC(=O)/C(=C/c3cccc(Cl)c3)NC(=O)c3ccccc3)c2)c1. The van der Waals surface area contributed by atoms with E-state index < -0.39 is 11.8 Å². The highest BCUT2D eigenvalue weighted by atomic mass is 35.5. The number of rotatable bonds is 11. The van der Waals surface area contributed by atoms with Gasteiger partial charge in [-0.05, 0) is 66.2 Å². The van der Waals surface area contributed by atoms with Crippen LogP contribution in [0.1, 0.15) is 15.9 Å². The van der Waals surface area contributed by atoms with Crippen molar-refractivity contribution < 1.29 is 23.9 Å². The second-order valence-corrected chi connectivity index (χ2v) is 10.3. The Bertz CT molecular complexity index is 1610. The van der Waals surface area contributed by atoms with Crippen molar-refractivity contribution in [3.05, 3.63) is 119 Å². The van der Waals surface area contributed by atoms with Gasteiger partial charge in [0, 0.05) is 27.2 Å². The van der Waals surface area contributed by atoms with Gasteiger partial charge in [0.25, 0.3) is 11.8 Å². The number of hydrogen-bond donors (Lipinski definition) is 3. The van der Waals surface area contributed by atoms with Gasteiger partial charge >= 0.3 is 0 Å². The normalized spacial score (nSPS) is 10.9. The first-order valence-electron chi connectivity index (χ1n) is 12.7. The number of nitrogens with one attached hydrogen (secondary N) is 3. The van der Waals surface area contributed by atoms with E-state index in [4.69, 9.17) is 21.1 Å². The van der Waals surface area contributed by atoms with Gasteiger partial charge in [-0.15, -0.1) is 11.8 Å². The summed E-state index contributed by atoms with van der Waals surface area (Å²) in [4.78, 5) is 39.6. The number of methoxy groups -OCH3 is 2. The van der Waals surface area contributed by atoms with E-state index in [-0.39, 0.29) is 17.4 Å². The average Bonchev–Trinajstić information content (AvgIpc) is 3.00. The summed E-state index contributed by atoms with van der Waals surface area (Å²) in [7, 11) is 3.07. The van der Waals surface area contributed by atoms with Gasteiger partial charge in [-0.2, -0.15) is 0 Å². The zero-order chi connectivity index (χ0) is 29.9. The molecule has 10 heteroatoms. The number of carbonyl (C=O) groups excluding carboxylic acids is 3. The van der Waals surface area contributed by atoms with E-state index in [0.29, 0.717) is 39.0 Å². The Morgan fingerprint density at radius 1 is 0.833 bits per heavy atom. The molecule has 4 rings (SSSR count). The number of halogens is 1. The molecule has 0 atom stereocenters. The van der Waals surface area contributed by atoms with Gasteiger partial charge in [0.05, 0.1) is 25.7 Å². The Hall–Kier alpha value is -4.73. The molecule has 214 valence electrons. The number of thioether (sulfide) groups is 1. The molecular formula is C32H28ClN3O5S. The van der Waals surface area contributed by atoms with Gasteiger partial charge in [0.15, 0.2) is 0 Å². The van der Waals surface area contributed by atoms with Crippen LogP contribution in [0.25, 0.3) is 6.08 Å². The van der Waals surface area contributed by atoms with Crippen LogP contribution >= 0.6 is 23.4 Å². The fraction of sp³-hybridized carbons (Fsp3) is 0.0938. The molecule has 0 bridgehead atoms. The fourth-order valence-electron chi connectivity index (χ4n) is 3.81. The van der Waals surface area contributed by atoms with Gasteiger partial charge in [-0.3, -0.25) is 14.4 Å². The minimum atomic E-state index is -0.524. The van der Waals surface area contributed by atoms with Gasteiger partial charge in [-0.25, -0.2) is 0 Å². The Morgan fingerprint density at radius 3 is 2.36 bits per heavy atom. The van der Waals surface area contributed by atoms with Crippen LogP contribution in [0, 0.1) is 0 Å². The standard InChI is InChI=1S/C32H28ClN3O5S/c1-40-25-14-15-29(41-2)27(19-25)35-30(37)20-42-26-13-7-12-24(18-26)34-32(39)28(17-21-8-6-11-23(33)16-21)36-31(38)22-9-4-3-5-10-22/h3-19H,20H2,1-2H3,(H,34,39)(H,35,37)(H,36,38)/b28-17-. The molecule has 4 aromatic rings. The fourth-order valence-corrected chi connectivity index (χ4v) is 4.77. The zero-order valence-electron chi connectivity index (χ0n) is 22.8. The molecule has 0 saturated carbocycles. The minimum absolute atomic E-state index is 0.0378. The van der Waals surface area contributed by atoms with E-state index in [2.05, 4.69) is 16.0 Å². The molecule has 0 saturated heterocycles. The van der Waals surface area contributed by atoms with E-state index in [0.717, 1.165) is 4.90 Å². The Kier molecular flexibility index (Phi) is 10.6. The first kappa shape index (κ1) is 30.2. The molecule has 3 N–H and O–H groups in total. The van der Waals surface area contributed by atoms with Crippen LogP contribution in [0.15, 0.2) is 108 Å². The summed E-state index contributed by atoms with van der Waals surface area (Å²) in [6.07, 6.45) is 1.55. The van der Waals surface area contributed by atoms with Gasteiger partial charge in [0.1, 0.15) is 17.2 Å². The zero-order valence-corrected chi connectivity index (χ0v) is 24.4. The van der Waals surface area contributed by atoms with Crippen molar-refractivity contribution in [1.82, 2.24) is 5.32 Å². The third kappa shape index (κ3) is 8.63. The summed E-state index contributed by atoms with van der Waals surface area (Å²) >= 11 is 7.42. The largest absolute Gasteiger partial charge is 0.497 e. The quantitative estimate of drug-likeness (QED) is 0.134. The number of benzene rings is 4. The van der Waals surface area contributed by atoms with Crippen molar-refractivity contribution in [2.75, 3.05) is 30.6 Å². The van der Waals surface area contributed by atoms with Crippen molar-refractivity contribution in [3.8, 4) is 11.5 Å². The summed E-state index contributed by atoms with van der Waals surface area (Å²) in [5, 5.41) is 8.87. The van der Waals surface area contributed by atoms with E-state index in [9.17, 15) is 14.4 Å². The van der Waals surface area contributed by atoms with Crippen LogP contribution in [0.2, 0.25) is 5.02 Å². The van der Waals surface area contributed by atoms with E-state index >= 15 is 0 Å². The van der Waals surface area contributed by atoms with Crippen LogP contribution in [-0.2, 0) is 9.59 Å². The highest BCUT2D eigenvalue weighted by molar-refractivity contribution is 8.00. The highest BCUT2D eigenvalue weighted by Crippen LogP contribution is 2.29. The molecule has 0 aliphatic carbocycles. The maximum Gasteiger partial charge on any atom is 0.272 e. The minimum Gasteiger partial charge on any atom is -0.497 e. The predicted molar refractivity (Wildman–Crippen MR) is 167 cm³/mol. The summed E-state index contributed by atoms with van der Waals surface area (Å²) in [5.41, 5.74) is 2.08. The summed E-state index contributed by atoms with van der Waals surface area (Å²) in [6, 6.07) is 27.7. The average molecular weight is 602 g/mol. The topological polar surface area (TPSA) is 106 Å². The summed E-state index contributed by atoms with van der Waals surface area (Å²) in [6.45, 7) is 0. The molecule has 0 aliphatic rings. The van der Waals surface area contributed by atoms with Crippen molar-refractivity contribution in [3.63, 3.8) is 0 Å². The van der Waals surface area contributed by atoms with Crippen molar-refractivity contribution in [1.29, 1.82) is 0 Å². The molecule has 0 aromatic heterocycles. The summed E-state index contributed by atoms with van der Waals surface area (Å²) < 4.78 is 10.5. The molecule has 0 fully saturated rings. The molecule has 0 spiro atoms. The van der Waals surface area contributed by atoms with Crippen LogP contribution in [-0.4, -0.2) is 37.7 Å². The number of ether oxygens (including phenoxy) is 2. The number of anilines is 2. The lowest BCUT2D eigenvalue weighted by molar-refractivity contribution is -0.114. The lowest BCUT2D eigenvalue weighted by atomic mass is 10.1. The van der Waals surface area contributed by atoms with Crippen molar-refractivity contribution in [2.45, 2.75) is 4.90 Å². The molecule has 42 heavy (non-hydrogen) atoms. The maximum atomic E-state index is 13.3. The Balaban J connectivity index is 1.45. The number of carbonyl (C=O) groups is 3. The molecule has 0 unspecified atom stereocenters. The van der Waals surface area contributed by atoms with Gasteiger partial charge in [0.2, 0.25) is 5.91 Å². The van der Waals surface area contributed by atoms with Crippen LogP contribution in [0.3, 0.4) is 0 Å². The molecule has 0 heterocycles. The van der Waals surface area contributed by atoms with Crippen LogP contribution in [0.4, 0.5) is 11.4 Å². The lowest BCUT2D eigenvalue weighted by Crippen LogP contribution is -2.30. The van der Waals surface area contributed by atoms with Gasteiger partial charge < -0.3 is 25.4 Å². The third-order valence-electron chi connectivity index (χ3n) is 5.83. The van der Waals surface area contributed by atoms with E-state index in [1.54, 1.807) is 104 Å². The second-order valence-electron chi connectivity index (χ2n) is 8.82. The number of amides is 3. The van der Waals surface area contributed by atoms with Crippen molar-refractivity contribution in [2.24, 2.45) is 0 Å².